The standard InChI is InChI=1S/C16H18BrN5O2/c1-9-12(14(23)24-16(2,3)4)13(10-6-5-7-11(17)8-10)22-15(18-9)19-20-21-22/h5-8,13H,1-4H3,(H,18,19,21). The van der Waals surface area contributed by atoms with E-state index in [1.54, 1.807) is 4.68 Å². The molecule has 2 heterocycles. The summed E-state index contributed by atoms with van der Waals surface area (Å²) in [5.74, 6) is 0.100. The number of allylic oxidation sites excluding steroid dienone is 1. The fraction of sp³-hybridized carbons (Fsp3) is 0.375. The number of esters is 1. The van der Waals surface area contributed by atoms with Crippen LogP contribution in [0.5, 0.6) is 0 Å². The Morgan fingerprint density at radius 2 is 2.12 bits per heavy atom. The molecule has 2 aromatic rings. The number of anilines is 1. The number of rotatable bonds is 2. The Morgan fingerprint density at radius 3 is 2.79 bits per heavy atom. The van der Waals surface area contributed by atoms with Gasteiger partial charge in [0.15, 0.2) is 0 Å². The first kappa shape index (κ1) is 16.6. The van der Waals surface area contributed by atoms with Gasteiger partial charge in [-0.25, -0.2) is 4.79 Å². The lowest BCUT2D eigenvalue weighted by atomic mass is 9.95. The lowest BCUT2D eigenvalue weighted by molar-refractivity contribution is -0.150. The Balaban J connectivity index is 2.12. The summed E-state index contributed by atoms with van der Waals surface area (Å²) in [6.45, 7) is 7.34. The molecule has 1 aliphatic rings. The minimum absolute atomic E-state index is 0.390. The SMILES string of the molecule is CC1=C(C(=O)OC(C)(C)C)C(c2cccc(Br)c2)n2nnnc2N1. The molecule has 1 unspecified atom stereocenters. The topological polar surface area (TPSA) is 81.9 Å². The molecule has 1 aliphatic heterocycles. The van der Waals surface area contributed by atoms with Crippen LogP contribution < -0.4 is 5.32 Å². The van der Waals surface area contributed by atoms with Crippen LogP contribution in [-0.4, -0.2) is 31.8 Å². The van der Waals surface area contributed by atoms with Crippen molar-refractivity contribution in [1.29, 1.82) is 0 Å². The summed E-state index contributed by atoms with van der Waals surface area (Å²) in [6, 6.07) is 7.26. The molecule has 8 heteroatoms. The van der Waals surface area contributed by atoms with E-state index in [1.165, 1.54) is 0 Å². The van der Waals surface area contributed by atoms with Crippen LogP contribution in [0.1, 0.15) is 39.3 Å². The molecule has 0 aliphatic carbocycles. The van der Waals surface area contributed by atoms with Gasteiger partial charge in [0, 0.05) is 10.2 Å². The number of nitrogens with one attached hydrogen (secondary N) is 1. The van der Waals surface area contributed by atoms with E-state index in [9.17, 15) is 4.79 Å². The number of nitrogens with zero attached hydrogens (tertiary/aromatic N) is 4. The van der Waals surface area contributed by atoms with Gasteiger partial charge >= 0.3 is 5.97 Å². The summed E-state index contributed by atoms with van der Waals surface area (Å²) in [4.78, 5) is 12.8. The van der Waals surface area contributed by atoms with E-state index >= 15 is 0 Å². The number of halogens is 1. The molecule has 7 nitrogen and oxygen atoms in total. The number of carbonyl (C=O) groups is 1. The molecule has 0 saturated heterocycles. The maximum atomic E-state index is 12.8. The monoisotopic (exact) mass is 391 g/mol. The van der Waals surface area contributed by atoms with Crippen molar-refractivity contribution in [2.75, 3.05) is 5.32 Å². The predicted molar refractivity (Wildman–Crippen MR) is 92.3 cm³/mol. The average Bonchev–Trinajstić information content (AvgIpc) is 2.91. The van der Waals surface area contributed by atoms with Crippen LogP contribution >= 0.6 is 15.9 Å². The van der Waals surface area contributed by atoms with Crippen LogP contribution in [0.25, 0.3) is 0 Å². The molecule has 1 atom stereocenters. The third-order valence-electron chi connectivity index (χ3n) is 3.50. The van der Waals surface area contributed by atoms with E-state index in [0.717, 1.165) is 10.0 Å². The zero-order chi connectivity index (χ0) is 17.5. The van der Waals surface area contributed by atoms with Crippen LogP contribution in [-0.2, 0) is 9.53 Å². The van der Waals surface area contributed by atoms with Crippen LogP contribution in [0.4, 0.5) is 5.95 Å². The van der Waals surface area contributed by atoms with Crippen LogP contribution in [0.3, 0.4) is 0 Å². The first-order valence-electron chi connectivity index (χ1n) is 7.51. The number of tetrazole rings is 1. The quantitative estimate of drug-likeness (QED) is 0.792. The number of aromatic nitrogens is 4. The lowest BCUT2D eigenvalue weighted by Gasteiger charge is -2.29. The van der Waals surface area contributed by atoms with Gasteiger partial charge < -0.3 is 10.1 Å². The summed E-state index contributed by atoms with van der Waals surface area (Å²) in [5.41, 5.74) is 1.46. The number of ether oxygens (including phenoxy) is 1. The summed E-state index contributed by atoms with van der Waals surface area (Å²) in [7, 11) is 0. The molecule has 0 radical (unpaired) electrons. The van der Waals surface area contributed by atoms with Crippen LogP contribution in [0, 0.1) is 0 Å². The van der Waals surface area contributed by atoms with Gasteiger partial charge in [0.05, 0.1) is 5.57 Å². The van der Waals surface area contributed by atoms with Gasteiger partial charge in [-0.3, -0.25) is 0 Å². The summed E-state index contributed by atoms with van der Waals surface area (Å²) >= 11 is 3.47. The minimum atomic E-state index is -0.590. The Kier molecular flexibility index (Phi) is 4.16. The van der Waals surface area contributed by atoms with Crippen molar-refractivity contribution in [1.82, 2.24) is 20.2 Å². The molecule has 126 valence electrons. The number of carbonyl (C=O) groups excluding carboxylic acids is 1. The van der Waals surface area contributed by atoms with Crippen molar-refractivity contribution in [3.05, 3.63) is 45.6 Å². The van der Waals surface area contributed by atoms with Gasteiger partial charge in [-0.15, -0.1) is 0 Å². The summed E-state index contributed by atoms with van der Waals surface area (Å²) in [6.07, 6.45) is 0. The van der Waals surface area contributed by atoms with Crippen LogP contribution in [0.15, 0.2) is 40.0 Å². The van der Waals surface area contributed by atoms with Crippen molar-refractivity contribution >= 4 is 27.8 Å². The van der Waals surface area contributed by atoms with Gasteiger partial charge in [0.25, 0.3) is 0 Å². The zero-order valence-electron chi connectivity index (χ0n) is 13.9. The van der Waals surface area contributed by atoms with E-state index < -0.39 is 17.6 Å². The van der Waals surface area contributed by atoms with E-state index in [0.29, 0.717) is 17.2 Å². The van der Waals surface area contributed by atoms with E-state index in [2.05, 4.69) is 36.8 Å². The van der Waals surface area contributed by atoms with Crippen LogP contribution in [0.2, 0.25) is 0 Å². The fourth-order valence-electron chi connectivity index (χ4n) is 2.59. The second-order valence-electron chi connectivity index (χ2n) is 6.57. The number of fused-ring (bicyclic) bond motifs is 1. The minimum Gasteiger partial charge on any atom is -0.456 e. The molecule has 0 spiro atoms. The molecular weight excluding hydrogens is 374 g/mol. The third kappa shape index (κ3) is 3.19. The van der Waals surface area contributed by atoms with Crippen molar-refractivity contribution in [3.63, 3.8) is 0 Å². The molecule has 24 heavy (non-hydrogen) atoms. The van der Waals surface area contributed by atoms with Gasteiger partial charge in [-0.1, -0.05) is 33.2 Å². The first-order valence-corrected chi connectivity index (χ1v) is 8.30. The molecule has 1 aromatic carbocycles. The van der Waals surface area contributed by atoms with Gasteiger partial charge in [0.1, 0.15) is 11.6 Å². The van der Waals surface area contributed by atoms with Crippen molar-refractivity contribution in [3.8, 4) is 0 Å². The normalized spacial score (nSPS) is 17.3. The average molecular weight is 392 g/mol. The second kappa shape index (κ2) is 6.01. The second-order valence-corrected chi connectivity index (χ2v) is 7.49. The van der Waals surface area contributed by atoms with Gasteiger partial charge in [-0.2, -0.15) is 4.68 Å². The predicted octanol–water partition coefficient (Wildman–Crippen LogP) is 3.07. The van der Waals surface area contributed by atoms with Crippen molar-refractivity contribution < 1.29 is 9.53 Å². The Bertz CT molecular complexity index is 822. The van der Waals surface area contributed by atoms with E-state index in [4.69, 9.17) is 4.74 Å². The molecule has 0 fully saturated rings. The lowest BCUT2D eigenvalue weighted by Crippen LogP contribution is -2.33. The molecule has 0 bridgehead atoms. The molecule has 0 amide bonds. The first-order chi connectivity index (χ1) is 11.3. The zero-order valence-corrected chi connectivity index (χ0v) is 15.5. The maximum Gasteiger partial charge on any atom is 0.338 e. The highest BCUT2D eigenvalue weighted by atomic mass is 79.9. The maximum absolute atomic E-state index is 12.8. The largest absolute Gasteiger partial charge is 0.456 e. The Labute approximate surface area is 148 Å². The summed E-state index contributed by atoms with van der Waals surface area (Å²) in [5, 5.41) is 14.8. The highest BCUT2D eigenvalue weighted by Gasteiger charge is 2.36. The van der Waals surface area contributed by atoms with Gasteiger partial charge in [0.2, 0.25) is 5.95 Å². The number of benzene rings is 1. The third-order valence-corrected chi connectivity index (χ3v) is 3.99. The molecular formula is C16H18BrN5O2. The number of hydrogen-bond donors (Lipinski definition) is 1. The molecule has 1 aromatic heterocycles. The Morgan fingerprint density at radius 1 is 1.38 bits per heavy atom. The van der Waals surface area contributed by atoms with E-state index in [1.807, 2.05) is 52.0 Å². The molecule has 0 saturated carbocycles. The smallest absolute Gasteiger partial charge is 0.338 e. The molecule has 3 rings (SSSR count). The number of hydrogen-bond acceptors (Lipinski definition) is 6. The molecule has 1 N–H and O–H groups in total. The van der Waals surface area contributed by atoms with Crippen molar-refractivity contribution in [2.24, 2.45) is 0 Å². The highest BCUT2D eigenvalue weighted by molar-refractivity contribution is 9.10. The summed E-state index contributed by atoms with van der Waals surface area (Å²) < 4.78 is 8.09. The highest BCUT2D eigenvalue weighted by Crippen LogP contribution is 2.36. The Hall–Kier alpha value is -2.22. The fourth-order valence-corrected chi connectivity index (χ4v) is 3.01. The van der Waals surface area contributed by atoms with Gasteiger partial charge in [-0.05, 0) is 55.8 Å². The van der Waals surface area contributed by atoms with E-state index in [-0.39, 0.29) is 0 Å². The van der Waals surface area contributed by atoms with Crippen molar-refractivity contribution in [2.45, 2.75) is 39.3 Å².